The van der Waals surface area contributed by atoms with Crippen LogP contribution in [0.2, 0.25) is 10.0 Å². The Kier molecular flexibility index (Phi) is 4.15. The number of likely N-dealkylation sites (tertiary alicyclic amines) is 1. The lowest BCUT2D eigenvalue weighted by atomic mass is 10.1. The van der Waals surface area contributed by atoms with Crippen molar-refractivity contribution >= 4 is 29.2 Å². The summed E-state index contributed by atoms with van der Waals surface area (Å²) >= 11 is 12.1. The Balaban J connectivity index is 2.15. The van der Waals surface area contributed by atoms with Crippen molar-refractivity contribution in [2.45, 2.75) is 19.4 Å². The van der Waals surface area contributed by atoms with E-state index in [-0.39, 0.29) is 12.0 Å². The van der Waals surface area contributed by atoms with Gasteiger partial charge in [0.2, 0.25) is 0 Å². The second-order valence-electron chi connectivity index (χ2n) is 4.66. The van der Waals surface area contributed by atoms with E-state index in [1.54, 1.807) is 12.1 Å². The minimum atomic E-state index is -0.720. The van der Waals surface area contributed by atoms with Crippen LogP contribution in [0.1, 0.15) is 24.9 Å². The van der Waals surface area contributed by atoms with Crippen molar-refractivity contribution in [2.75, 3.05) is 13.1 Å². The summed E-state index contributed by atoms with van der Waals surface area (Å²) in [6, 6.07) is 5.47. The fraction of sp³-hybridized carbons (Fsp3) is 0.462. The van der Waals surface area contributed by atoms with Crippen LogP contribution in [0.5, 0.6) is 0 Å². The molecule has 5 heteroatoms. The first kappa shape index (κ1) is 13.7. The Labute approximate surface area is 116 Å². The normalized spacial score (nSPS) is 22.1. The number of hydrogen-bond donors (Lipinski definition) is 1. The summed E-state index contributed by atoms with van der Waals surface area (Å²) in [6.07, 6.45) is 0.692. The maximum Gasteiger partial charge on any atom is 0.307 e. The van der Waals surface area contributed by atoms with Crippen LogP contribution in [-0.4, -0.2) is 29.1 Å². The highest BCUT2D eigenvalue weighted by atomic mass is 35.5. The van der Waals surface area contributed by atoms with Gasteiger partial charge in [-0.25, -0.2) is 0 Å². The highest BCUT2D eigenvalue weighted by Crippen LogP contribution is 2.33. The van der Waals surface area contributed by atoms with Crippen molar-refractivity contribution in [1.29, 1.82) is 0 Å². The minimum Gasteiger partial charge on any atom is -0.481 e. The third-order valence-corrected chi connectivity index (χ3v) is 4.10. The number of carboxylic acid groups (broad SMARTS) is 1. The van der Waals surface area contributed by atoms with E-state index in [0.29, 0.717) is 23.0 Å². The quantitative estimate of drug-likeness (QED) is 0.926. The summed E-state index contributed by atoms with van der Waals surface area (Å²) in [5.41, 5.74) is 0.954. The molecule has 0 radical (unpaired) electrons. The molecular weight excluding hydrogens is 273 g/mol. The van der Waals surface area contributed by atoms with E-state index in [9.17, 15) is 4.79 Å². The lowest BCUT2D eigenvalue weighted by molar-refractivity contribution is -0.141. The van der Waals surface area contributed by atoms with E-state index >= 15 is 0 Å². The highest BCUT2D eigenvalue weighted by molar-refractivity contribution is 6.33. The second kappa shape index (κ2) is 5.47. The van der Waals surface area contributed by atoms with E-state index in [4.69, 9.17) is 28.3 Å². The number of carbonyl (C=O) groups is 1. The van der Waals surface area contributed by atoms with Crippen LogP contribution in [0.3, 0.4) is 0 Å². The summed E-state index contributed by atoms with van der Waals surface area (Å²) in [6.45, 7) is 3.38. The van der Waals surface area contributed by atoms with Gasteiger partial charge in [0.25, 0.3) is 0 Å². The number of nitrogens with zero attached hydrogens (tertiary/aromatic N) is 1. The Hall–Kier alpha value is -0.770. The minimum absolute atomic E-state index is 0.0838. The molecule has 0 bridgehead atoms. The molecule has 1 fully saturated rings. The summed E-state index contributed by atoms with van der Waals surface area (Å²) < 4.78 is 0. The van der Waals surface area contributed by atoms with E-state index in [2.05, 4.69) is 4.90 Å². The molecule has 3 nitrogen and oxygen atoms in total. The lowest BCUT2D eigenvalue weighted by Gasteiger charge is -2.25. The van der Waals surface area contributed by atoms with Crippen LogP contribution in [0, 0.1) is 5.92 Å². The topological polar surface area (TPSA) is 40.5 Å². The average Bonchev–Trinajstić information content (AvgIpc) is 2.81. The Morgan fingerprint density at radius 3 is 2.83 bits per heavy atom. The van der Waals surface area contributed by atoms with Gasteiger partial charge in [0.15, 0.2) is 0 Å². The zero-order valence-electron chi connectivity index (χ0n) is 10.1. The second-order valence-corrected chi connectivity index (χ2v) is 5.50. The number of aliphatic carboxylic acids is 1. The molecule has 2 rings (SSSR count). The van der Waals surface area contributed by atoms with Crippen LogP contribution >= 0.6 is 23.2 Å². The first-order valence-corrected chi connectivity index (χ1v) is 6.66. The number of halogens is 2. The molecule has 18 heavy (non-hydrogen) atoms. The molecule has 0 amide bonds. The van der Waals surface area contributed by atoms with Gasteiger partial charge in [-0.2, -0.15) is 0 Å². The van der Waals surface area contributed by atoms with Gasteiger partial charge in [-0.3, -0.25) is 9.69 Å². The Bertz CT molecular complexity index is 464. The third kappa shape index (κ3) is 2.79. The molecule has 1 heterocycles. The smallest absolute Gasteiger partial charge is 0.307 e. The molecule has 1 N–H and O–H groups in total. The molecule has 1 aliphatic heterocycles. The van der Waals surface area contributed by atoms with E-state index in [1.165, 1.54) is 0 Å². The summed E-state index contributed by atoms with van der Waals surface area (Å²) in [7, 11) is 0. The van der Waals surface area contributed by atoms with Crippen LogP contribution in [-0.2, 0) is 4.79 Å². The maximum absolute atomic E-state index is 11.0. The monoisotopic (exact) mass is 287 g/mol. The van der Waals surface area contributed by atoms with Crippen LogP contribution < -0.4 is 0 Å². The van der Waals surface area contributed by atoms with Gasteiger partial charge in [-0.1, -0.05) is 23.2 Å². The number of benzene rings is 1. The molecule has 2 atom stereocenters. The van der Waals surface area contributed by atoms with Gasteiger partial charge in [0.1, 0.15) is 0 Å². The average molecular weight is 288 g/mol. The van der Waals surface area contributed by atoms with Crippen molar-refractivity contribution in [3.05, 3.63) is 33.8 Å². The van der Waals surface area contributed by atoms with Gasteiger partial charge in [0, 0.05) is 22.6 Å². The van der Waals surface area contributed by atoms with E-state index in [1.807, 2.05) is 13.0 Å². The van der Waals surface area contributed by atoms with Gasteiger partial charge in [-0.15, -0.1) is 0 Å². The fourth-order valence-electron chi connectivity index (χ4n) is 2.37. The van der Waals surface area contributed by atoms with Crippen molar-refractivity contribution in [3.8, 4) is 0 Å². The maximum atomic E-state index is 11.0. The zero-order chi connectivity index (χ0) is 13.3. The third-order valence-electron chi connectivity index (χ3n) is 3.52. The summed E-state index contributed by atoms with van der Waals surface area (Å²) in [4.78, 5) is 13.1. The Morgan fingerprint density at radius 1 is 1.50 bits per heavy atom. The molecule has 1 saturated heterocycles. The first-order valence-electron chi connectivity index (χ1n) is 5.91. The molecule has 0 aromatic heterocycles. The molecular formula is C13H15Cl2NO2. The summed E-state index contributed by atoms with van der Waals surface area (Å²) in [5.74, 6) is -0.993. The highest BCUT2D eigenvalue weighted by Gasteiger charge is 2.31. The number of rotatable bonds is 3. The molecule has 1 aromatic carbocycles. The molecule has 2 unspecified atom stereocenters. The summed E-state index contributed by atoms with van der Waals surface area (Å²) in [5, 5.41) is 10.3. The van der Waals surface area contributed by atoms with Crippen LogP contribution in [0.25, 0.3) is 0 Å². The van der Waals surface area contributed by atoms with Gasteiger partial charge in [0.05, 0.1) is 5.92 Å². The SMILES string of the molecule is CC(c1cc(Cl)ccc1Cl)N1CCC(C(=O)O)C1. The molecule has 0 saturated carbocycles. The number of hydrogen-bond acceptors (Lipinski definition) is 2. The predicted molar refractivity (Wildman–Crippen MR) is 72.2 cm³/mol. The zero-order valence-corrected chi connectivity index (χ0v) is 11.6. The first-order chi connectivity index (χ1) is 8.49. The Morgan fingerprint density at radius 2 is 2.22 bits per heavy atom. The van der Waals surface area contributed by atoms with Gasteiger partial charge < -0.3 is 5.11 Å². The van der Waals surface area contributed by atoms with Crippen molar-refractivity contribution in [1.82, 2.24) is 4.90 Å². The lowest BCUT2D eigenvalue weighted by Crippen LogP contribution is -2.26. The molecule has 0 spiro atoms. The van der Waals surface area contributed by atoms with Crippen molar-refractivity contribution < 1.29 is 9.90 Å². The van der Waals surface area contributed by atoms with E-state index in [0.717, 1.165) is 12.1 Å². The standard InChI is InChI=1S/C13H15Cl2NO2/c1-8(11-6-10(14)2-3-12(11)15)16-5-4-9(7-16)13(17)18/h2-3,6,8-9H,4-5,7H2,1H3,(H,17,18). The number of carboxylic acids is 1. The van der Waals surface area contributed by atoms with Crippen molar-refractivity contribution in [2.24, 2.45) is 5.92 Å². The predicted octanol–water partition coefficient (Wildman–Crippen LogP) is 3.46. The van der Waals surface area contributed by atoms with Crippen LogP contribution in [0.15, 0.2) is 18.2 Å². The van der Waals surface area contributed by atoms with E-state index < -0.39 is 5.97 Å². The molecule has 0 aliphatic carbocycles. The van der Waals surface area contributed by atoms with Crippen LogP contribution in [0.4, 0.5) is 0 Å². The molecule has 1 aromatic rings. The molecule has 98 valence electrons. The van der Waals surface area contributed by atoms with Gasteiger partial charge >= 0.3 is 5.97 Å². The largest absolute Gasteiger partial charge is 0.481 e. The van der Waals surface area contributed by atoms with Gasteiger partial charge in [-0.05, 0) is 43.7 Å². The molecule has 1 aliphatic rings. The van der Waals surface area contributed by atoms with Crippen molar-refractivity contribution in [3.63, 3.8) is 0 Å². The fourth-order valence-corrected chi connectivity index (χ4v) is 2.83.